The lowest BCUT2D eigenvalue weighted by molar-refractivity contribution is 0.608. The maximum atomic E-state index is 12.3. The Morgan fingerprint density at radius 3 is 2.67 bits per heavy atom. The van der Waals surface area contributed by atoms with Crippen molar-refractivity contribution in [2.24, 2.45) is 7.05 Å². The van der Waals surface area contributed by atoms with E-state index in [0.717, 1.165) is 23.8 Å². The molecule has 0 unspecified atom stereocenters. The van der Waals surface area contributed by atoms with Crippen LogP contribution in [0.25, 0.3) is 11.2 Å². The van der Waals surface area contributed by atoms with Gasteiger partial charge < -0.3 is 4.57 Å². The molecule has 0 amide bonds. The van der Waals surface area contributed by atoms with Crippen LogP contribution < -0.4 is 11.2 Å². The number of nitrogens with one attached hydrogen (secondary N) is 1. The number of H-pyrrole nitrogens is 1. The lowest BCUT2D eigenvalue weighted by Crippen LogP contribution is -2.29. The Morgan fingerprint density at radius 2 is 1.96 bits per heavy atom. The van der Waals surface area contributed by atoms with E-state index in [0.29, 0.717) is 17.7 Å². The van der Waals surface area contributed by atoms with E-state index in [1.54, 1.807) is 18.8 Å². The van der Waals surface area contributed by atoms with Gasteiger partial charge >= 0.3 is 5.69 Å². The van der Waals surface area contributed by atoms with Gasteiger partial charge in [-0.3, -0.25) is 14.3 Å². The van der Waals surface area contributed by atoms with Gasteiger partial charge in [-0.15, -0.1) is 0 Å². The number of nitrogens with zero attached hydrogens (tertiary/aromatic N) is 3. The molecule has 0 saturated heterocycles. The van der Waals surface area contributed by atoms with E-state index in [4.69, 9.17) is 0 Å². The maximum absolute atomic E-state index is 12.3. The van der Waals surface area contributed by atoms with E-state index in [2.05, 4.69) is 22.1 Å². The van der Waals surface area contributed by atoms with Gasteiger partial charge in [-0.2, -0.15) is 0 Å². The highest BCUT2D eigenvalue weighted by atomic mass is 32.2. The summed E-state index contributed by atoms with van der Waals surface area (Å²) in [6.07, 6.45) is 1.83. The van der Waals surface area contributed by atoms with Crippen molar-refractivity contribution in [2.75, 3.05) is 5.75 Å². The summed E-state index contributed by atoms with van der Waals surface area (Å²) in [7, 11) is 1.63. The van der Waals surface area contributed by atoms with Crippen LogP contribution >= 0.6 is 11.8 Å². The molecule has 0 radical (unpaired) electrons. The smallest absolute Gasteiger partial charge is 0.313 e. The molecule has 1 N–H and O–H groups in total. The number of hydrogen-bond acceptors (Lipinski definition) is 4. The molecule has 3 rings (SSSR count). The highest BCUT2D eigenvalue weighted by molar-refractivity contribution is 7.99. The largest absolute Gasteiger partial charge is 0.329 e. The van der Waals surface area contributed by atoms with Gasteiger partial charge in [0.1, 0.15) is 0 Å². The zero-order chi connectivity index (χ0) is 17.1. The first-order valence-electron chi connectivity index (χ1n) is 7.98. The Balaban J connectivity index is 1.96. The minimum Gasteiger partial charge on any atom is -0.313 e. The van der Waals surface area contributed by atoms with Crippen LogP contribution in [0.5, 0.6) is 0 Å². The number of aryl methyl sites for hydroxylation is 3. The van der Waals surface area contributed by atoms with Gasteiger partial charge in [0, 0.05) is 13.6 Å². The van der Waals surface area contributed by atoms with Gasteiger partial charge in [-0.1, -0.05) is 49.0 Å². The van der Waals surface area contributed by atoms with Gasteiger partial charge in [0.25, 0.3) is 5.56 Å². The van der Waals surface area contributed by atoms with Gasteiger partial charge in [-0.25, -0.2) is 9.78 Å². The average molecular weight is 344 g/mol. The van der Waals surface area contributed by atoms with Gasteiger partial charge in [0.15, 0.2) is 16.3 Å². The van der Waals surface area contributed by atoms with Crippen molar-refractivity contribution in [1.82, 2.24) is 19.1 Å². The van der Waals surface area contributed by atoms with Gasteiger partial charge in [0.2, 0.25) is 0 Å². The second-order valence-electron chi connectivity index (χ2n) is 5.56. The fraction of sp³-hybridized carbons (Fsp3) is 0.353. The minimum atomic E-state index is -0.436. The summed E-state index contributed by atoms with van der Waals surface area (Å²) in [5, 5.41) is 0.785. The van der Waals surface area contributed by atoms with Crippen LogP contribution in [0.4, 0.5) is 0 Å². The Hall–Kier alpha value is -2.28. The van der Waals surface area contributed by atoms with Crippen molar-refractivity contribution in [3.05, 3.63) is 56.7 Å². The fourth-order valence-electron chi connectivity index (χ4n) is 2.75. The molecule has 0 aliphatic heterocycles. The highest BCUT2D eigenvalue weighted by Gasteiger charge is 2.16. The van der Waals surface area contributed by atoms with E-state index in [-0.39, 0.29) is 5.56 Å². The predicted molar refractivity (Wildman–Crippen MR) is 96.8 cm³/mol. The molecule has 2 aromatic heterocycles. The van der Waals surface area contributed by atoms with Crippen LogP contribution in [0, 0.1) is 0 Å². The summed E-state index contributed by atoms with van der Waals surface area (Å²) in [6.45, 7) is 2.73. The van der Waals surface area contributed by atoms with Crippen LogP contribution in [0.1, 0.15) is 18.9 Å². The van der Waals surface area contributed by atoms with E-state index in [1.165, 1.54) is 10.1 Å². The van der Waals surface area contributed by atoms with Crippen LogP contribution in [0.15, 0.2) is 45.1 Å². The monoisotopic (exact) mass is 344 g/mol. The second kappa shape index (κ2) is 7.09. The number of benzene rings is 1. The molecule has 24 heavy (non-hydrogen) atoms. The van der Waals surface area contributed by atoms with Gasteiger partial charge in [0.05, 0.1) is 0 Å². The maximum Gasteiger partial charge on any atom is 0.329 e. The van der Waals surface area contributed by atoms with E-state index >= 15 is 0 Å². The molecular formula is C17H20N4O2S. The number of fused-ring (bicyclic) bond motifs is 1. The van der Waals surface area contributed by atoms with Crippen molar-refractivity contribution in [3.63, 3.8) is 0 Å². The third-order valence-corrected chi connectivity index (χ3v) is 4.79. The summed E-state index contributed by atoms with van der Waals surface area (Å²) < 4.78 is 3.33. The molecular weight excluding hydrogens is 324 g/mol. The molecule has 0 fully saturated rings. The first-order valence-corrected chi connectivity index (χ1v) is 8.96. The molecule has 6 nitrogen and oxygen atoms in total. The van der Waals surface area contributed by atoms with Crippen LogP contribution in [-0.2, 0) is 20.0 Å². The van der Waals surface area contributed by atoms with Crippen molar-refractivity contribution in [3.8, 4) is 0 Å². The minimum absolute atomic E-state index is 0.372. The number of imidazole rings is 1. The third kappa shape index (κ3) is 3.17. The number of aromatic amines is 1. The molecule has 3 aromatic rings. The molecule has 7 heteroatoms. The van der Waals surface area contributed by atoms with Crippen LogP contribution in [0.2, 0.25) is 0 Å². The standard InChI is InChI=1S/C17H20N4O2S/c1-3-24-17-18-14-13(15(22)19-16(23)20(14)2)21(17)11-7-10-12-8-5-4-6-9-12/h4-6,8-9H,3,7,10-11H2,1-2H3,(H,19,22,23). The average Bonchev–Trinajstić information content (AvgIpc) is 2.93. The second-order valence-corrected chi connectivity index (χ2v) is 6.79. The van der Waals surface area contributed by atoms with Crippen molar-refractivity contribution < 1.29 is 0 Å². The summed E-state index contributed by atoms with van der Waals surface area (Å²) >= 11 is 1.58. The number of thioether (sulfide) groups is 1. The van der Waals surface area contributed by atoms with E-state index < -0.39 is 5.69 Å². The molecule has 0 spiro atoms. The predicted octanol–water partition coefficient (Wildman–Crippen LogP) is 2.17. The zero-order valence-electron chi connectivity index (χ0n) is 13.8. The normalized spacial score (nSPS) is 11.2. The zero-order valence-corrected chi connectivity index (χ0v) is 14.6. The van der Waals surface area contributed by atoms with Gasteiger partial charge in [-0.05, 0) is 24.2 Å². The number of aromatic nitrogens is 4. The van der Waals surface area contributed by atoms with E-state index in [1.807, 2.05) is 29.7 Å². The third-order valence-electron chi connectivity index (χ3n) is 3.94. The molecule has 0 bridgehead atoms. The molecule has 0 aliphatic carbocycles. The molecule has 126 valence electrons. The van der Waals surface area contributed by atoms with E-state index in [9.17, 15) is 9.59 Å². The van der Waals surface area contributed by atoms with Crippen molar-refractivity contribution >= 4 is 22.9 Å². The molecule has 2 heterocycles. The SMILES string of the molecule is CCSc1nc2c(c(=O)[nH]c(=O)n2C)n1CCCc1ccccc1. The highest BCUT2D eigenvalue weighted by Crippen LogP contribution is 2.21. The Kier molecular flexibility index (Phi) is 4.89. The summed E-state index contributed by atoms with van der Waals surface area (Å²) in [5.74, 6) is 0.855. The lowest BCUT2D eigenvalue weighted by atomic mass is 10.1. The molecule has 1 aromatic carbocycles. The fourth-order valence-corrected chi connectivity index (χ4v) is 3.49. The quantitative estimate of drug-likeness (QED) is 0.696. The number of hydrogen-bond donors (Lipinski definition) is 1. The summed E-state index contributed by atoms with van der Waals surface area (Å²) in [6, 6.07) is 10.3. The molecule has 0 aliphatic rings. The first kappa shape index (κ1) is 16.6. The molecule has 0 saturated carbocycles. The Labute approximate surface area is 143 Å². The summed E-state index contributed by atoms with van der Waals surface area (Å²) in [4.78, 5) is 31.0. The van der Waals surface area contributed by atoms with Crippen LogP contribution in [0.3, 0.4) is 0 Å². The number of rotatable bonds is 6. The Morgan fingerprint density at radius 1 is 1.21 bits per heavy atom. The molecule has 0 atom stereocenters. The topological polar surface area (TPSA) is 72.7 Å². The summed E-state index contributed by atoms with van der Waals surface area (Å²) in [5.41, 5.74) is 1.38. The Bertz CT molecular complexity index is 956. The lowest BCUT2D eigenvalue weighted by Gasteiger charge is -2.08. The van der Waals surface area contributed by atoms with Crippen LogP contribution in [-0.4, -0.2) is 24.9 Å². The van der Waals surface area contributed by atoms with Crippen molar-refractivity contribution in [1.29, 1.82) is 0 Å². The van der Waals surface area contributed by atoms with Crippen molar-refractivity contribution in [2.45, 2.75) is 31.5 Å². The first-order chi connectivity index (χ1) is 11.6.